The van der Waals surface area contributed by atoms with Crippen LogP contribution in [0.5, 0.6) is 0 Å². The number of fused-ring (bicyclic) bond motifs is 2. The zero-order valence-electron chi connectivity index (χ0n) is 20.8. The van der Waals surface area contributed by atoms with Crippen LogP contribution in [0, 0.1) is 0 Å². The van der Waals surface area contributed by atoms with Crippen LogP contribution in [0.2, 0.25) is 0 Å². The number of methoxy groups -OCH3 is 1. The second kappa shape index (κ2) is 11.0. The van der Waals surface area contributed by atoms with Crippen LogP contribution in [-0.2, 0) is 20.7 Å². The molecule has 0 aliphatic rings. The van der Waals surface area contributed by atoms with Crippen LogP contribution in [0.3, 0.4) is 0 Å². The number of carbonyl (C=O) groups is 3. The van der Waals surface area contributed by atoms with Gasteiger partial charge in [0.1, 0.15) is 12.6 Å². The summed E-state index contributed by atoms with van der Waals surface area (Å²) in [5.74, 6) is -1.44. The predicted molar refractivity (Wildman–Crippen MR) is 146 cm³/mol. The van der Waals surface area contributed by atoms with E-state index in [0.717, 1.165) is 27.4 Å². The maximum absolute atomic E-state index is 14.0. The van der Waals surface area contributed by atoms with Gasteiger partial charge in [-0.1, -0.05) is 54.6 Å². The van der Waals surface area contributed by atoms with Gasteiger partial charge in [0, 0.05) is 40.8 Å². The number of para-hydroxylation sites is 3. The minimum Gasteiger partial charge on any atom is -0.468 e. The molecule has 0 aliphatic carbocycles. The van der Waals surface area contributed by atoms with Gasteiger partial charge in [-0.3, -0.25) is 24.3 Å². The molecule has 2 heterocycles. The maximum atomic E-state index is 14.0. The number of benzene rings is 3. The molecular formula is C30H26N4O4. The number of esters is 1. The molecule has 1 unspecified atom stereocenters. The molecule has 5 rings (SSSR count). The van der Waals surface area contributed by atoms with Gasteiger partial charge in [0.05, 0.1) is 18.2 Å². The summed E-state index contributed by atoms with van der Waals surface area (Å²) >= 11 is 0. The van der Waals surface area contributed by atoms with Gasteiger partial charge in [0.25, 0.3) is 5.91 Å². The Labute approximate surface area is 219 Å². The number of hydrogen-bond acceptors (Lipinski definition) is 5. The van der Waals surface area contributed by atoms with Crippen molar-refractivity contribution in [2.24, 2.45) is 0 Å². The average Bonchev–Trinajstić information content (AvgIpc) is 3.37. The SMILES string of the molecule is COC(=O)CN(C(=O)C(Cc1c[nH]c2ccccc12)NC(=O)c1cnc2ccccc2c1)c1ccccc1. The average molecular weight is 507 g/mol. The second-order valence-electron chi connectivity index (χ2n) is 8.84. The first-order valence-electron chi connectivity index (χ1n) is 12.2. The Balaban J connectivity index is 1.50. The zero-order chi connectivity index (χ0) is 26.5. The van der Waals surface area contributed by atoms with Gasteiger partial charge in [0.15, 0.2) is 0 Å². The van der Waals surface area contributed by atoms with Crippen molar-refractivity contribution in [1.82, 2.24) is 15.3 Å². The van der Waals surface area contributed by atoms with Crippen molar-refractivity contribution in [1.29, 1.82) is 0 Å². The molecule has 3 aromatic carbocycles. The summed E-state index contributed by atoms with van der Waals surface area (Å²) < 4.78 is 4.85. The fourth-order valence-corrected chi connectivity index (χ4v) is 4.44. The highest BCUT2D eigenvalue weighted by atomic mass is 16.5. The van der Waals surface area contributed by atoms with Crippen molar-refractivity contribution in [3.05, 3.63) is 108 Å². The summed E-state index contributed by atoms with van der Waals surface area (Å²) in [5.41, 5.74) is 3.41. The molecule has 5 aromatic rings. The largest absolute Gasteiger partial charge is 0.468 e. The van der Waals surface area contributed by atoms with Gasteiger partial charge in [-0.2, -0.15) is 0 Å². The van der Waals surface area contributed by atoms with Crippen molar-refractivity contribution in [3.63, 3.8) is 0 Å². The molecule has 0 bridgehead atoms. The highest BCUT2D eigenvalue weighted by molar-refractivity contribution is 6.05. The number of aromatic amines is 1. The molecule has 190 valence electrons. The number of rotatable bonds is 8. The maximum Gasteiger partial charge on any atom is 0.325 e. The van der Waals surface area contributed by atoms with Gasteiger partial charge in [-0.15, -0.1) is 0 Å². The Morgan fingerprint density at radius 2 is 1.71 bits per heavy atom. The summed E-state index contributed by atoms with van der Waals surface area (Å²) in [6, 6.07) is 24.9. The van der Waals surface area contributed by atoms with E-state index >= 15 is 0 Å². The normalized spacial score (nSPS) is 11.7. The van der Waals surface area contributed by atoms with Crippen molar-refractivity contribution in [2.75, 3.05) is 18.6 Å². The van der Waals surface area contributed by atoms with Gasteiger partial charge >= 0.3 is 5.97 Å². The third kappa shape index (κ3) is 5.24. The number of anilines is 1. The summed E-state index contributed by atoms with van der Waals surface area (Å²) in [6.07, 6.45) is 3.54. The Kier molecular flexibility index (Phi) is 7.13. The molecule has 8 heteroatoms. The summed E-state index contributed by atoms with van der Waals surface area (Å²) in [6.45, 7) is -0.295. The number of ether oxygens (including phenoxy) is 1. The Morgan fingerprint density at radius 1 is 0.974 bits per heavy atom. The molecule has 0 fully saturated rings. The van der Waals surface area contributed by atoms with Gasteiger partial charge < -0.3 is 15.0 Å². The molecule has 0 radical (unpaired) electrons. The van der Waals surface area contributed by atoms with Crippen molar-refractivity contribution < 1.29 is 19.1 Å². The van der Waals surface area contributed by atoms with E-state index in [9.17, 15) is 14.4 Å². The number of amides is 2. The van der Waals surface area contributed by atoms with Crippen LogP contribution < -0.4 is 10.2 Å². The van der Waals surface area contributed by atoms with E-state index in [4.69, 9.17) is 4.74 Å². The first kappa shape index (κ1) is 24.7. The molecule has 0 aliphatic heterocycles. The van der Waals surface area contributed by atoms with E-state index in [2.05, 4.69) is 15.3 Å². The molecule has 0 saturated carbocycles. The fourth-order valence-electron chi connectivity index (χ4n) is 4.44. The van der Waals surface area contributed by atoms with E-state index in [-0.39, 0.29) is 13.0 Å². The Bertz CT molecular complexity index is 1610. The third-order valence-electron chi connectivity index (χ3n) is 6.40. The Hall–Kier alpha value is -4.98. The van der Waals surface area contributed by atoms with Crippen LogP contribution in [0.4, 0.5) is 5.69 Å². The minimum atomic E-state index is -0.974. The first-order chi connectivity index (χ1) is 18.5. The lowest BCUT2D eigenvalue weighted by molar-refractivity contribution is -0.140. The van der Waals surface area contributed by atoms with Crippen molar-refractivity contribution in [2.45, 2.75) is 12.5 Å². The van der Waals surface area contributed by atoms with Crippen molar-refractivity contribution >= 4 is 45.3 Å². The van der Waals surface area contributed by atoms with Crippen LogP contribution in [0.15, 0.2) is 97.3 Å². The van der Waals surface area contributed by atoms with Crippen LogP contribution in [0.1, 0.15) is 15.9 Å². The van der Waals surface area contributed by atoms with E-state index in [1.54, 1.807) is 30.3 Å². The number of nitrogens with one attached hydrogen (secondary N) is 2. The molecule has 0 spiro atoms. The molecule has 38 heavy (non-hydrogen) atoms. The fraction of sp³-hybridized carbons (Fsp3) is 0.133. The number of nitrogens with zero attached hydrogens (tertiary/aromatic N) is 2. The van der Waals surface area contributed by atoms with E-state index in [1.807, 2.05) is 60.8 Å². The predicted octanol–water partition coefficient (Wildman–Crippen LogP) is 4.26. The molecule has 2 aromatic heterocycles. The van der Waals surface area contributed by atoms with Gasteiger partial charge in [-0.05, 0) is 35.9 Å². The van der Waals surface area contributed by atoms with E-state index in [1.165, 1.54) is 18.2 Å². The van der Waals surface area contributed by atoms with Gasteiger partial charge in [-0.25, -0.2) is 0 Å². The molecule has 0 saturated heterocycles. The third-order valence-corrected chi connectivity index (χ3v) is 6.40. The van der Waals surface area contributed by atoms with Crippen LogP contribution in [0.25, 0.3) is 21.8 Å². The lowest BCUT2D eigenvalue weighted by atomic mass is 10.0. The number of H-pyrrole nitrogens is 1. The second-order valence-corrected chi connectivity index (χ2v) is 8.84. The number of carbonyl (C=O) groups excluding carboxylic acids is 3. The van der Waals surface area contributed by atoms with Gasteiger partial charge in [0.2, 0.25) is 5.91 Å². The molecular weight excluding hydrogens is 480 g/mol. The number of hydrogen-bond donors (Lipinski definition) is 2. The highest BCUT2D eigenvalue weighted by Gasteiger charge is 2.30. The lowest BCUT2D eigenvalue weighted by Crippen LogP contribution is -2.51. The highest BCUT2D eigenvalue weighted by Crippen LogP contribution is 2.22. The Morgan fingerprint density at radius 3 is 2.53 bits per heavy atom. The summed E-state index contributed by atoms with van der Waals surface area (Å²) in [7, 11) is 1.27. The van der Waals surface area contributed by atoms with E-state index in [0.29, 0.717) is 11.3 Å². The minimum absolute atomic E-state index is 0.208. The van der Waals surface area contributed by atoms with Crippen molar-refractivity contribution in [3.8, 4) is 0 Å². The summed E-state index contributed by atoms with van der Waals surface area (Å²) in [4.78, 5) is 48.6. The quantitative estimate of drug-likeness (QED) is 0.306. The van der Waals surface area contributed by atoms with E-state index < -0.39 is 23.8 Å². The standard InChI is InChI=1S/C30H26N4O4/c1-38-28(35)19-34(23-10-3-2-4-11-23)30(37)27(16-21-17-32-26-14-8-6-12-24(21)26)33-29(36)22-15-20-9-5-7-13-25(20)31-18-22/h2-15,17-18,27,32H,16,19H2,1H3,(H,33,36). The molecule has 2 N–H and O–H groups in total. The zero-order valence-corrected chi connectivity index (χ0v) is 20.8. The number of pyridine rings is 1. The smallest absolute Gasteiger partial charge is 0.325 e. The van der Waals surface area contributed by atoms with Crippen LogP contribution in [-0.4, -0.2) is 47.4 Å². The summed E-state index contributed by atoms with van der Waals surface area (Å²) in [5, 5.41) is 4.67. The monoisotopic (exact) mass is 506 g/mol. The molecule has 2 amide bonds. The topological polar surface area (TPSA) is 104 Å². The molecule has 1 atom stereocenters. The number of aromatic nitrogens is 2. The lowest BCUT2D eigenvalue weighted by Gasteiger charge is -2.27. The van der Waals surface area contributed by atoms with Crippen LogP contribution >= 0.6 is 0 Å². The first-order valence-corrected chi connectivity index (χ1v) is 12.2. The molecule has 8 nitrogen and oxygen atoms in total.